The molecule has 0 saturated carbocycles. The minimum Gasteiger partial charge on any atom is -0.366 e. The van der Waals surface area contributed by atoms with E-state index in [0.717, 1.165) is 12.6 Å². The second-order valence-electron chi connectivity index (χ2n) is 5.96. The SMILES string of the molecule is CC(C)C1CN(c2cc(Br)cc(C(F)(F)F)c2)C(C)CN1. The van der Waals surface area contributed by atoms with Crippen LogP contribution < -0.4 is 10.2 Å². The molecule has 1 aliphatic heterocycles. The van der Waals surface area contributed by atoms with E-state index in [2.05, 4.69) is 40.0 Å². The second-order valence-corrected chi connectivity index (χ2v) is 6.87. The Morgan fingerprint density at radius 2 is 1.95 bits per heavy atom. The number of rotatable bonds is 2. The molecular formula is C15H20BrF3N2. The Morgan fingerprint density at radius 3 is 2.52 bits per heavy atom. The highest BCUT2D eigenvalue weighted by Gasteiger charge is 2.33. The molecule has 0 amide bonds. The van der Waals surface area contributed by atoms with Gasteiger partial charge < -0.3 is 10.2 Å². The first kappa shape index (κ1) is 16.6. The van der Waals surface area contributed by atoms with E-state index >= 15 is 0 Å². The molecule has 1 heterocycles. The van der Waals surface area contributed by atoms with Crippen LogP contribution in [0.4, 0.5) is 18.9 Å². The quantitative estimate of drug-likeness (QED) is 0.841. The first-order chi connectivity index (χ1) is 9.68. The Bertz CT molecular complexity index is 502. The third kappa shape index (κ3) is 3.92. The summed E-state index contributed by atoms with van der Waals surface area (Å²) in [5.41, 5.74) is 0.00931. The first-order valence-electron chi connectivity index (χ1n) is 7.06. The van der Waals surface area contributed by atoms with Gasteiger partial charge in [0, 0.05) is 35.3 Å². The molecule has 0 bridgehead atoms. The molecule has 2 rings (SSSR count). The molecule has 0 aromatic heterocycles. The van der Waals surface area contributed by atoms with Crippen LogP contribution >= 0.6 is 15.9 Å². The monoisotopic (exact) mass is 364 g/mol. The van der Waals surface area contributed by atoms with Crippen LogP contribution in [0, 0.1) is 5.92 Å². The zero-order chi connectivity index (χ0) is 15.8. The summed E-state index contributed by atoms with van der Waals surface area (Å²) >= 11 is 3.19. The fourth-order valence-corrected chi connectivity index (χ4v) is 3.08. The van der Waals surface area contributed by atoms with Crippen molar-refractivity contribution in [2.45, 2.75) is 39.0 Å². The van der Waals surface area contributed by atoms with E-state index < -0.39 is 11.7 Å². The maximum Gasteiger partial charge on any atom is 0.416 e. The summed E-state index contributed by atoms with van der Waals surface area (Å²) in [6.45, 7) is 7.75. The third-order valence-corrected chi connectivity index (χ3v) is 4.40. The summed E-state index contributed by atoms with van der Waals surface area (Å²) in [6.07, 6.45) is -4.33. The predicted octanol–water partition coefficient (Wildman–Crippen LogP) is 4.29. The van der Waals surface area contributed by atoms with Gasteiger partial charge in [0.05, 0.1) is 5.56 Å². The van der Waals surface area contributed by atoms with E-state index in [4.69, 9.17) is 0 Å². The van der Waals surface area contributed by atoms with E-state index in [1.807, 2.05) is 6.92 Å². The Kier molecular flexibility index (Phi) is 4.88. The van der Waals surface area contributed by atoms with Crippen molar-refractivity contribution in [1.82, 2.24) is 5.32 Å². The zero-order valence-corrected chi connectivity index (χ0v) is 13.9. The highest BCUT2D eigenvalue weighted by Crippen LogP contribution is 2.35. The number of benzene rings is 1. The van der Waals surface area contributed by atoms with Gasteiger partial charge >= 0.3 is 6.18 Å². The van der Waals surface area contributed by atoms with E-state index in [-0.39, 0.29) is 12.1 Å². The number of hydrogen-bond acceptors (Lipinski definition) is 2. The lowest BCUT2D eigenvalue weighted by Gasteiger charge is -2.42. The fraction of sp³-hybridized carbons (Fsp3) is 0.600. The van der Waals surface area contributed by atoms with Crippen LogP contribution in [-0.2, 0) is 6.18 Å². The lowest BCUT2D eigenvalue weighted by atomic mass is 9.99. The minimum atomic E-state index is -4.33. The van der Waals surface area contributed by atoms with Crippen LogP contribution in [0.1, 0.15) is 26.3 Å². The Morgan fingerprint density at radius 1 is 1.29 bits per heavy atom. The van der Waals surface area contributed by atoms with Gasteiger partial charge in [0.1, 0.15) is 0 Å². The van der Waals surface area contributed by atoms with Gasteiger partial charge in [0.25, 0.3) is 0 Å². The zero-order valence-electron chi connectivity index (χ0n) is 12.3. The average molecular weight is 365 g/mol. The number of nitrogens with zero attached hydrogens (tertiary/aromatic N) is 1. The van der Waals surface area contributed by atoms with Crippen molar-refractivity contribution >= 4 is 21.6 Å². The average Bonchev–Trinajstić information content (AvgIpc) is 2.37. The van der Waals surface area contributed by atoms with Crippen LogP contribution in [0.2, 0.25) is 0 Å². The van der Waals surface area contributed by atoms with Gasteiger partial charge in [-0.05, 0) is 31.0 Å². The van der Waals surface area contributed by atoms with Crippen LogP contribution in [0.25, 0.3) is 0 Å². The van der Waals surface area contributed by atoms with Gasteiger partial charge in [-0.15, -0.1) is 0 Å². The van der Waals surface area contributed by atoms with Crippen molar-refractivity contribution in [3.8, 4) is 0 Å². The minimum absolute atomic E-state index is 0.162. The summed E-state index contributed by atoms with van der Waals surface area (Å²) in [7, 11) is 0. The molecule has 1 aromatic rings. The van der Waals surface area contributed by atoms with Crippen LogP contribution in [0.15, 0.2) is 22.7 Å². The van der Waals surface area contributed by atoms with Crippen LogP contribution in [-0.4, -0.2) is 25.2 Å². The first-order valence-corrected chi connectivity index (χ1v) is 7.85. The van der Waals surface area contributed by atoms with Gasteiger partial charge in [-0.2, -0.15) is 13.2 Å². The van der Waals surface area contributed by atoms with Crippen LogP contribution in [0.5, 0.6) is 0 Å². The molecule has 2 nitrogen and oxygen atoms in total. The highest BCUT2D eigenvalue weighted by molar-refractivity contribution is 9.10. The van der Waals surface area contributed by atoms with Gasteiger partial charge in [-0.1, -0.05) is 29.8 Å². The highest BCUT2D eigenvalue weighted by atomic mass is 79.9. The maximum absolute atomic E-state index is 13.0. The Hall–Kier alpha value is -0.750. The molecular weight excluding hydrogens is 345 g/mol. The molecule has 0 aliphatic carbocycles. The number of anilines is 1. The lowest BCUT2D eigenvalue weighted by molar-refractivity contribution is -0.137. The van der Waals surface area contributed by atoms with E-state index in [1.54, 1.807) is 6.07 Å². The topological polar surface area (TPSA) is 15.3 Å². The molecule has 1 N–H and O–H groups in total. The molecule has 21 heavy (non-hydrogen) atoms. The molecule has 0 radical (unpaired) electrons. The normalized spacial score (nSPS) is 23.7. The molecule has 2 atom stereocenters. The fourth-order valence-electron chi connectivity index (χ4n) is 2.60. The molecule has 1 aromatic carbocycles. The number of piperazine rings is 1. The number of alkyl halides is 3. The lowest BCUT2D eigenvalue weighted by Crippen LogP contribution is -2.57. The molecule has 1 saturated heterocycles. The van der Waals surface area contributed by atoms with Crippen molar-refractivity contribution in [3.63, 3.8) is 0 Å². The van der Waals surface area contributed by atoms with E-state index in [9.17, 15) is 13.2 Å². The Balaban J connectivity index is 2.33. The van der Waals surface area contributed by atoms with Crippen LogP contribution in [0.3, 0.4) is 0 Å². The third-order valence-electron chi connectivity index (χ3n) is 3.95. The van der Waals surface area contributed by atoms with Gasteiger partial charge in [0.2, 0.25) is 0 Å². The number of hydrogen-bond donors (Lipinski definition) is 1. The molecule has 118 valence electrons. The molecule has 6 heteroatoms. The maximum atomic E-state index is 13.0. The van der Waals surface area contributed by atoms with E-state index in [0.29, 0.717) is 22.6 Å². The largest absolute Gasteiger partial charge is 0.416 e. The van der Waals surface area contributed by atoms with Crippen molar-refractivity contribution in [2.75, 3.05) is 18.0 Å². The Labute approximate surface area is 131 Å². The number of halogens is 4. The van der Waals surface area contributed by atoms with Crippen molar-refractivity contribution in [3.05, 3.63) is 28.2 Å². The predicted molar refractivity (Wildman–Crippen MR) is 82.6 cm³/mol. The number of nitrogens with one attached hydrogen (secondary N) is 1. The van der Waals surface area contributed by atoms with Gasteiger partial charge in [-0.25, -0.2) is 0 Å². The van der Waals surface area contributed by atoms with Gasteiger partial charge in [0.15, 0.2) is 0 Å². The van der Waals surface area contributed by atoms with Gasteiger partial charge in [-0.3, -0.25) is 0 Å². The van der Waals surface area contributed by atoms with Crippen molar-refractivity contribution < 1.29 is 13.2 Å². The standard InChI is InChI=1S/C15H20BrF3N2/c1-9(2)14-8-21(10(3)7-20-14)13-5-11(15(17,18)19)4-12(16)6-13/h4-6,9-10,14,20H,7-8H2,1-3H3. The summed E-state index contributed by atoms with van der Waals surface area (Å²) in [4.78, 5) is 2.06. The molecule has 0 spiro atoms. The summed E-state index contributed by atoms with van der Waals surface area (Å²) in [5, 5.41) is 3.45. The summed E-state index contributed by atoms with van der Waals surface area (Å²) in [5.74, 6) is 0.439. The van der Waals surface area contributed by atoms with Crippen molar-refractivity contribution in [1.29, 1.82) is 0 Å². The molecule has 1 fully saturated rings. The summed E-state index contributed by atoms with van der Waals surface area (Å²) in [6, 6.07) is 4.57. The molecule has 1 aliphatic rings. The second kappa shape index (κ2) is 6.16. The molecule has 2 unspecified atom stereocenters. The van der Waals surface area contributed by atoms with E-state index in [1.165, 1.54) is 6.07 Å². The smallest absolute Gasteiger partial charge is 0.366 e. The summed E-state index contributed by atoms with van der Waals surface area (Å²) < 4.78 is 39.4. The van der Waals surface area contributed by atoms with Crippen molar-refractivity contribution in [2.24, 2.45) is 5.92 Å².